The van der Waals surface area contributed by atoms with E-state index in [0.29, 0.717) is 0 Å². The van der Waals surface area contributed by atoms with Crippen LogP contribution in [-0.2, 0) is 4.79 Å². The van der Waals surface area contributed by atoms with E-state index in [9.17, 15) is 4.79 Å². The normalized spacial score (nSPS) is 16.4. The summed E-state index contributed by atoms with van der Waals surface area (Å²) in [7, 11) is 0. The van der Waals surface area contributed by atoms with Gasteiger partial charge in [-0.05, 0) is 50.0 Å². The van der Waals surface area contributed by atoms with Crippen molar-refractivity contribution in [2.75, 3.05) is 18.0 Å². The topological polar surface area (TPSA) is 20.3 Å². The van der Waals surface area contributed by atoms with Crippen molar-refractivity contribution in [1.82, 2.24) is 0 Å². The van der Waals surface area contributed by atoms with Gasteiger partial charge in [0.05, 0.1) is 0 Å². The average Bonchev–Trinajstić information content (AvgIpc) is 2.45. The van der Waals surface area contributed by atoms with Crippen molar-refractivity contribution >= 4 is 17.5 Å². The predicted molar refractivity (Wildman–Crippen MR) is 81.4 cm³/mol. The van der Waals surface area contributed by atoms with Crippen LogP contribution in [0.5, 0.6) is 0 Å². The number of benzene rings is 1. The van der Waals surface area contributed by atoms with Gasteiger partial charge in [0.2, 0.25) is 0 Å². The van der Waals surface area contributed by atoms with Crippen molar-refractivity contribution in [1.29, 1.82) is 0 Å². The lowest BCUT2D eigenvalue weighted by atomic mass is 10.1. The van der Waals surface area contributed by atoms with Crippen molar-refractivity contribution in [2.24, 2.45) is 0 Å². The Morgan fingerprint density at radius 2 is 1.74 bits per heavy atom. The van der Waals surface area contributed by atoms with Crippen LogP contribution in [0.15, 0.2) is 42.5 Å². The van der Waals surface area contributed by atoms with Gasteiger partial charge in [0, 0.05) is 18.8 Å². The molecule has 0 unspecified atom stereocenters. The highest BCUT2D eigenvalue weighted by Gasteiger charge is 2.09. The quantitative estimate of drug-likeness (QED) is 0.602. The first kappa shape index (κ1) is 13.6. The third kappa shape index (κ3) is 4.40. The SMILES string of the molecule is CC(=O)C=CC=Cc1ccc(N2CCCCC2)cc1. The summed E-state index contributed by atoms with van der Waals surface area (Å²) in [5, 5.41) is 0. The number of ketones is 1. The minimum absolute atomic E-state index is 0.0742. The maximum atomic E-state index is 10.7. The second-order valence-corrected chi connectivity index (χ2v) is 4.97. The largest absolute Gasteiger partial charge is 0.372 e. The number of anilines is 1. The highest BCUT2D eigenvalue weighted by Crippen LogP contribution is 2.20. The Bertz CT molecular complexity index is 465. The van der Waals surface area contributed by atoms with Gasteiger partial charge < -0.3 is 4.90 Å². The first-order valence-electron chi connectivity index (χ1n) is 6.96. The minimum atomic E-state index is 0.0742. The number of piperidine rings is 1. The van der Waals surface area contributed by atoms with Crippen LogP contribution in [0.2, 0.25) is 0 Å². The zero-order valence-corrected chi connectivity index (χ0v) is 11.5. The van der Waals surface area contributed by atoms with E-state index < -0.39 is 0 Å². The molecule has 0 spiro atoms. The van der Waals surface area contributed by atoms with Crippen LogP contribution in [-0.4, -0.2) is 18.9 Å². The summed E-state index contributed by atoms with van der Waals surface area (Å²) in [6.45, 7) is 3.91. The van der Waals surface area contributed by atoms with Gasteiger partial charge in [0.25, 0.3) is 0 Å². The molecular formula is C17H21NO. The van der Waals surface area contributed by atoms with Gasteiger partial charge in [-0.2, -0.15) is 0 Å². The van der Waals surface area contributed by atoms with Crippen molar-refractivity contribution in [3.63, 3.8) is 0 Å². The molecular weight excluding hydrogens is 234 g/mol. The third-order valence-electron chi connectivity index (χ3n) is 3.35. The standard InChI is InChI=1S/C17H21NO/c1-15(19)7-3-4-8-16-9-11-17(12-10-16)18-13-5-2-6-14-18/h3-4,7-12H,2,5-6,13-14H2,1H3. The molecule has 1 fully saturated rings. The maximum absolute atomic E-state index is 10.7. The molecule has 2 rings (SSSR count). The van der Waals surface area contributed by atoms with E-state index in [1.165, 1.54) is 38.0 Å². The van der Waals surface area contributed by atoms with E-state index in [2.05, 4.69) is 29.2 Å². The number of hydrogen-bond acceptors (Lipinski definition) is 2. The molecule has 0 aliphatic carbocycles. The second-order valence-electron chi connectivity index (χ2n) is 4.97. The molecule has 0 aromatic heterocycles. The number of carbonyl (C=O) groups is 1. The molecule has 2 heteroatoms. The minimum Gasteiger partial charge on any atom is -0.372 e. The molecule has 1 aliphatic rings. The highest BCUT2D eigenvalue weighted by molar-refractivity contribution is 5.87. The van der Waals surface area contributed by atoms with Crippen LogP contribution in [0.25, 0.3) is 6.08 Å². The fourth-order valence-corrected chi connectivity index (χ4v) is 2.31. The van der Waals surface area contributed by atoms with Crippen LogP contribution >= 0.6 is 0 Å². The molecule has 0 bridgehead atoms. The van der Waals surface area contributed by atoms with Gasteiger partial charge in [0.15, 0.2) is 5.78 Å². The second kappa shape index (κ2) is 6.93. The molecule has 0 N–H and O–H groups in total. The Balaban J connectivity index is 1.96. The van der Waals surface area contributed by atoms with E-state index >= 15 is 0 Å². The van der Waals surface area contributed by atoms with E-state index in [0.717, 1.165) is 5.56 Å². The Morgan fingerprint density at radius 1 is 1.05 bits per heavy atom. The molecule has 0 radical (unpaired) electrons. The van der Waals surface area contributed by atoms with E-state index in [1.807, 2.05) is 12.2 Å². The van der Waals surface area contributed by atoms with E-state index in [1.54, 1.807) is 19.1 Å². The summed E-state index contributed by atoms with van der Waals surface area (Å²) in [5.41, 5.74) is 2.48. The van der Waals surface area contributed by atoms with E-state index in [-0.39, 0.29) is 5.78 Å². The Kier molecular flexibility index (Phi) is 4.96. The first-order valence-corrected chi connectivity index (χ1v) is 6.96. The molecule has 0 amide bonds. The van der Waals surface area contributed by atoms with Crippen molar-refractivity contribution < 1.29 is 4.79 Å². The fraction of sp³-hybridized carbons (Fsp3) is 0.353. The van der Waals surface area contributed by atoms with Crippen LogP contribution in [0.4, 0.5) is 5.69 Å². The number of nitrogens with zero attached hydrogens (tertiary/aromatic N) is 1. The number of carbonyl (C=O) groups excluding carboxylic acids is 1. The molecule has 1 saturated heterocycles. The summed E-state index contributed by atoms with van der Waals surface area (Å²) < 4.78 is 0. The van der Waals surface area contributed by atoms with E-state index in [4.69, 9.17) is 0 Å². The van der Waals surface area contributed by atoms with Gasteiger partial charge in [0.1, 0.15) is 0 Å². The smallest absolute Gasteiger partial charge is 0.152 e. The summed E-state index contributed by atoms with van der Waals surface area (Å²) >= 11 is 0. The Morgan fingerprint density at radius 3 is 2.37 bits per heavy atom. The lowest BCUT2D eigenvalue weighted by Crippen LogP contribution is -2.29. The summed E-state index contributed by atoms with van der Waals surface area (Å²) in [4.78, 5) is 13.2. The molecule has 1 aromatic carbocycles. The third-order valence-corrected chi connectivity index (χ3v) is 3.35. The summed E-state index contributed by atoms with van der Waals surface area (Å²) in [6.07, 6.45) is 11.2. The van der Waals surface area contributed by atoms with Crippen LogP contribution in [0.1, 0.15) is 31.7 Å². The maximum Gasteiger partial charge on any atom is 0.152 e. The summed E-state index contributed by atoms with van der Waals surface area (Å²) in [5.74, 6) is 0.0742. The lowest BCUT2D eigenvalue weighted by molar-refractivity contribution is -0.112. The molecule has 1 aromatic rings. The van der Waals surface area contributed by atoms with Gasteiger partial charge in [-0.1, -0.05) is 30.4 Å². The van der Waals surface area contributed by atoms with Gasteiger partial charge in [-0.15, -0.1) is 0 Å². The number of rotatable bonds is 4. The lowest BCUT2D eigenvalue weighted by Gasteiger charge is -2.28. The fourth-order valence-electron chi connectivity index (χ4n) is 2.31. The van der Waals surface area contributed by atoms with Gasteiger partial charge in [-0.25, -0.2) is 0 Å². The monoisotopic (exact) mass is 255 g/mol. The first-order chi connectivity index (χ1) is 9.25. The van der Waals surface area contributed by atoms with Crippen molar-refractivity contribution in [3.8, 4) is 0 Å². The molecule has 0 saturated carbocycles. The zero-order valence-electron chi connectivity index (χ0n) is 11.5. The van der Waals surface area contributed by atoms with Gasteiger partial charge >= 0.3 is 0 Å². The molecule has 1 aliphatic heterocycles. The predicted octanol–water partition coefficient (Wildman–Crippen LogP) is 3.84. The molecule has 1 heterocycles. The molecule has 2 nitrogen and oxygen atoms in total. The molecule has 0 atom stereocenters. The van der Waals surface area contributed by atoms with Gasteiger partial charge in [-0.3, -0.25) is 4.79 Å². The highest BCUT2D eigenvalue weighted by atomic mass is 16.1. The Labute approximate surface area is 115 Å². The van der Waals surface area contributed by atoms with Crippen molar-refractivity contribution in [3.05, 3.63) is 48.1 Å². The Hall–Kier alpha value is -1.83. The molecule has 100 valence electrons. The van der Waals surface area contributed by atoms with Crippen molar-refractivity contribution in [2.45, 2.75) is 26.2 Å². The average molecular weight is 255 g/mol. The zero-order chi connectivity index (χ0) is 13.5. The van der Waals surface area contributed by atoms with Crippen LogP contribution < -0.4 is 4.90 Å². The number of hydrogen-bond donors (Lipinski definition) is 0. The summed E-state index contributed by atoms with van der Waals surface area (Å²) in [6, 6.07) is 8.61. The number of allylic oxidation sites excluding steroid dienone is 3. The van der Waals surface area contributed by atoms with Crippen LogP contribution in [0, 0.1) is 0 Å². The molecule has 19 heavy (non-hydrogen) atoms. The van der Waals surface area contributed by atoms with Crippen LogP contribution in [0.3, 0.4) is 0 Å².